The number of hydrogen-bond acceptors (Lipinski definition) is 3. The number of carbonyl (C=O) groups excluding carboxylic acids is 2. The maximum Gasteiger partial charge on any atom is 0.337 e. The van der Waals surface area contributed by atoms with Crippen molar-refractivity contribution in [2.45, 2.75) is 19.3 Å². The summed E-state index contributed by atoms with van der Waals surface area (Å²) in [6, 6.07) is 5.72. The fourth-order valence-electron chi connectivity index (χ4n) is 2.98. The van der Waals surface area contributed by atoms with E-state index in [1.54, 1.807) is 0 Å². The molecule has 23 heavy (non-hydrogen) atoms. The minimum Gasteiger partial charge on any atom is -0.465 e. The zero-order chi connectivity index (χ0) is 16.2. The molecule has 0 fully saturated rings. The molecule has 1 aromatic carbocycles. The summed E-state index contributed by atoms with van der Waals surface area (Å²) in [4.78, 5) is 22.7. The van der Waals surface area contributed by atoms with Gasteiger partial charge in [0.1, 0.15) is 6.29 Å². The van der Waals surface area contributed by atoms with Gasteiger partial charge in [0, 0.05) is 5.57 Å². The van der Waals surface area contributed by atoms with Crippen molar-refractivity contribution in [1.82, 2.24) is 0 Å². The minimum atomic E-state index is -0.326. The Morgan fingerprint density at radius 3 is 2.83 bits per heavy atom. The van der Waals surface area contributed by atoms with Crippen LogP contribution in [-0.4, -0.2) is 19.4 Å². The topological polar surface area (TPSA) is 43.4 Å². The molecule has 0 bridgehead atoms. The lowest BCUT2D eigenvalue weighted by atomic mass is 9.85. The van der Waals surface area contributed by atoms with E-state index < -0.39 is 0 Å². The molecule has 3 heteroatoms. The molecule has 3 nitrogen and oxygen atoms in total. The minimum absolute atomic E-state index is 0.326. The first kappa shape index (κ1) is 15.2. The summed E-state index contributed by atoms with van der Waals surface area (Å²) >= 11 is 0. The van der Waals surface area contributed by atoms with Gasteiger partial charge < -0.3 is 4.74 Å². The number of rotatable bonds is 3. The normalized spacial score (nSPS) is 16.5. The van der Waals surface area contributed by atoms with Crippen LogP contribution in [0.2, 0.25) is 0 Å². The van der Waals surface area contributed by atoms with Crippen LogP contribution in [0.1, 0.15) is 34.3 Å². The van der Waals surface area contributed by atoms with Crippen LogP contribution >= 0.6 is 0 Å². The number of fused-ring (bicyclic) bond motifs is 1. The molecule has 116 valence electrons. The van der Waals surface area contributed by atoms with Gasteiger partial charge in [-0.2, -0.15) is 0 Å². The molecule has 0 amide bonds. The summed E-state index contributed by atoms with van der Waals surface area (Å²) in [5.74, 6) is -0.326. The van der Waals surface area contributed by atoms with E-state index in [0.29, 0.717) is 11.1 Å². The van der Waals surface area contributed by atoms with Gasteiger partial charge in [0.25, 0.3) is 0 Å². The van der Waals surface area contributed by atoms with Crippen LogP contribution in [0, 0.1) is 0 Å². The van der Waals surface area contributed by atoms with Crippen molar-refractivity contribution >= 4 is 17.8 Å². The third-order valence-electron chi connectivity index (χ3n) is 4.18. The van der Waals surface area contributed by atoms with Crippen LogP contribution in [-0.2, 0) is 16.0 Å². The van der Waals surface area contributed by atoms with Gasteiger partial charge in [-0.3, -0.25) is 4.79 Å². The lowest BCUT2D eigenvalue weighted by Gasteiger charge is -2.19. The molecule has 0 unspecified atom stereocenters. The van der Waals surface area contributed by atoms with Gasteiger partial charge in [-0.25, -0.2) is 4.79 Å². The largest absolute Gasteiger partial charge is 0.465 e. The Morgan fingerprint density at radius 1 is 1.17 bits per heavy atom. The molecular weight excluding hydrogens is 288 g/mol. The highest BCUT2D eigenvalue weighted by atomic mass is 16.5. The number of methoxy groups -OCH3 is 1. The summed E-state index contributed by atoms with van der Waals surface area (Å²) in [6.07, 6.45) is 13.6. The number of carbonyl (C=O) groups is 2. The number of aldehydes is 1. The van der Waals surface area contributed by atoms with E-state index >= 15 is 0 Å². The SMILES string of the molecule is COC(=O)c1ccc2c(c1)C(C1=CCC=C(C=O)C=C1)=CCC2. The molecule has 0 saturated heterocycles. The Morgan fingerprint density at radius 2 is 2.04 bits per heavy atom. The Bertz CT molecular complexity index is 776. The van der Waals surface area contributed by atoms with E-state index in [1.807, 2.05) is 36.4 Å². The van der Waals surface area contributed by atoms with E-state index in [-0.39, 0.29) is 5.97 Å². The van der Waals surface area contributed by atoms with Crippen LogP contribution in [0.25, 0.3) is 5.57 Å². The van der Waals surface area contributed by atoms with E-state index in [9.17, 15) is 9.59 Å². The van der Waals surface area contributed by atoms with Gasteiger partial charge in [-0.1, -0.05) is 36.4 Å². The molecule has 0 heterocycles. The second-order valence-electron chi connectivity index (χ2n) is 5.57. The van der Waals surface area contributed by atoms with Crippen LogP contribution in [0.3, 0.4) is 0 Å². The molecule has 0 aliphatic heterocycles. The van der Waals surface area contributed by atoms with Crippen molar-refractivity contribution < 1.29 is 14.3 Å². The zero-order valence-electron chi connectivity index (χ0n) is 13.0. The van der Waals surface area contributed by atoms with Crippen LogP contribution in [0.4, 0.5) is 0 Å². The number of ether oxygens (including phenoxy) is 1. The van der Waals surface area contributed by atoms with E-state index in [1.165, 1.54) is 12.7 Å². The first-order chi connectivity index (χ1) is 11.2. The average Bonchev–Trinajstić information content (AvgIpc) is 2.85. The van der Waals surface area contributed by atoms with Gasteiger partial charge in [0.05, 0.1) is 12.7 Å². The lowest BCUT2D eigenvalue weighted by Crippen LogP contribution is -2.06. The summed E-state index contributed by atoms with van der Waals surface area (Å²) in [5, 5.41) is 0. The quantitative estimate of drug-likeness (QED) is 0.630. The predicted octanol–water partition coefficient (Wildman–Crippen LogP) is 3.81. The molecule has 1 aromatic rings. The molecule has 0 saturated carbocycles. The van der Waals surface area contributed by atoms with E-state index in [2.05, 4.69) is 12.2 Å². The molecule has 3 rings (SSSR count). The van der Waals surface area contributed by atoms with Gasteiger partial charge in [0.2, 0.25) is 0 Å². The molecule has 2 aliphatic rings. The molecule has 0 aromatic heterocycles. The van der Waals surface area contributed by atoms with Crippen molar-refractivity contribution in [2.24, 2.45) is 0 Å². The van der Waals surface area contributed by atoms with Crippen molar-refractivity contribution in [3.63, 3.8) is 0 Å². The Hall–Kier alpha value is -2.68. The van der Waals surface area contributed by atoms with Crippen LogP contribution < -0.4 is 0 Å². The number of aryl methyl sites for hydroxylation is 1. The molecular formula is C20H18O3. The first-order valence-electron chi connectivity index (χ1n) is 7.68. The van der Waals surface area contributed by atoms with Crippen LogP contribution in [0.5, 0.6) is 0 Å². The number of benzene rings is 1. The Kier molecular flexibility index (Phi) is 4.38. The van der Waals surface area contributed by atoms with Gasteiger partial charge >= 0.3 is 5.97 Å². The third-order valence-corrected chi connectivity index (χ3v) is 4.18. The smallest absolute Gasteiger partial charge is 0.337 e. The summed E-state index contributed by atoms with van der Waals surface area (Å²) in [5.41, 5.74) is 5.76. The molecule has 0 radical (unpaired) electrons. The Labute approximate surface area is 135 Å². The zero-order valence-corrected chi connectivity index (χ0v) is 13.0. The maximum absolute atomic E-state index is 11.8. The van der Waals surface area contributed by atoms with Gasteiger partial charge in [-0.15, -0.1) is 0 Å². The highest BCUT2D eigenvalue weighted by Gasteiger charge is 2.18. The van der Waals surface area contributed by atoms with Crippen molar-refractivity contribution in [3.8, 4) is 0 Å². The molecule has 0 atom stereocenters. The molecule has 0 N–H and O–H groups in total. The molecule has 0 spiro atoms. The van der Waals surface area contributed by atoms with Gasteiger partial charge in [0.15, 0.2) is 0 Å². The Balaban J connectivity index is 2.00. The predicted molar refractivity (Wildman–Crippen MR) is 90.1 cm³/mol. The van der Waals surface area contributed by atoms with Crippen molar-refractivity contribution in [2.75, 3.05) is 7.11 Å². The average molecular weight is 306 g/mol. The maximum atomic E-state index is 11.8. The molecule has 2 aliphatic carbocycles. The second-order valence-corrected chi connectivity index (χ2v) is 5.57. The standard InChI is InChI=1S/C20H18O3/c1-23-20(22)17-11-10-16-6-3-7-18(19(16)12-17)15-5-2-4-14(13-21)8-9-15/h4-5,7-13H,2-3,6H2,1H3. The van der Waals surface area contributed by atoms with Crippen LogP contribution in [0.15, 0.2) is 59.7 Å². The van der Waals surface area contributed by atoms with Gasteiger partial charge in [-0.05, 0) is 53.7 Å². The second kappa shape index (κ2) is 6.61. The van der Waals surface area contributed by atoms with E-state index in [0.717, 1.165) is 42.3 Å². The fraction of sp³-hybridized carbons (Fsp3) is 0.200. The highest BCUT2D eigenvalue weighted by Crippen LogP contribution is 2.34. The number of hydrogen-bond donors (Lipinski definition) is 0. The summed E-state index contributed by atoms with van der Waals surface area (Å²) < 4.78 is 4.82. The van der Waals surface area contributed by atoms with Crippen molar-refractivity contribution in [1.29, 1.82) is 0 Å². The summed E-state index contributed by atoms with van der Waals surface area (Å²) in [6.45, 7) is 0. The number of allylic oxidation sites excluding steroid dienone is 8. The number of esters is 1. The fourth-order valence-corrected chi connectivity index (χ4v) is 2.98. The van der Waals surface area contributed by atoms with Crippen molar-refractivity contribution in [3.05, 3.63) is 76.4 Å². The van der Waals surface area contributed by atoms with E-state index in [4.69, 9.17) is 4.74 Å². The summed E-state index contributed by atoms with van der Waals surface area (Å²) in [7, 11) is 1.39. The third kappa shape index (κ3) is 3.09. The first-order valence-corrected chi connectivity index (χ1v) is 7.68. The highest BCUT2D eigenvalue weighted by molar-refractivity contribution is 5.93. The lowest BCUT2D eigenvalue weighted by molar-refractivity contribution is -0.104. The monoisotopic (exact) mass is 306 g/mol.